The molecule has 0 spiro atoms. The smallest absolute Gasteiger partial charge is 0.261 e. The lowest BCUT2D eigenvalue weighted by Crippen LogP contribution is -2.29. The van der Waals surface area contributed by atoms with Gasteiger partial charge in [-0.2, -0.15) is 0 Å². The Balaban J connectivity index is 1.76. The summed E-state index contributed by atoms with van der Waals surface area (Å²) >= 11 is 0. The van der Waals surface area contributed by atoms with Gasteiger partial charge in [0.25, 0.3) is 5.56 Å². The van der Waals surface area contributed by atoms with Crippen molar-refractivity contribution in [2.24, 2.45) is 0 Å². The number of anilines is 2. The minimum atomic E-state index is -0.489. The Bertz CT molecular complexity index is 1520. The summed E-state index contributed by atoms with van der Waals surface area (Å²) < 4.78 is 20.7. The number of fused-ring (bicyclic) bond motifs is 1. The molecule has 0 aliphatic heterocycles. The lowest BCUT2D eigenvalue weighted by Gasteiger charge is -2.21. The maximum absolute atomic E-state index is 13.8. The minimum Gasteiger partial charge on any atom is -0.496 e. The predicted molar refractivity (Wildman–Crippen MR) is 138 cm³/mol. The second-order valence-corrected chi connectivity index (χ2v) is 8.50. The van der Waals surface area contributed by atoms with Gasteiger partial charge in [-0.05, 0) is 62.2 Å². The molecular weight excluding hydrogens is 461 g/mol. The summed E-state index contributed by atoms with van der Waals surface area (Å²) in [4.78, 5) is 26.3. The molecule has 2 heterocycles. The fourth-order valence-electron chi connectivity index (χ4n) is 4.18. The number of halogens is 1. The average molecular weight is 490 g/mol. The van der Waals surface area contributed by atoms with Gasteiger partial charge in [0, 0.05) is 12.1 Å². The first-order valence-electron chi connectivity index (χ1n) is 11.6. The van der Waals surface area contributed by atoms with E-state index in [1.165, 1.54) is 24.5 Å². The molecule has 4 N–H and O–H groups in total. The van der Waals surface area contributed by atoms with Crippen LogP contribution in [0.5, 0.6) is 5.75 Å². The van der Waals surface area contributed by atoms with E-state index in [0.717, 1.165) is 5.56 Å². The van der Waals surface area contributed by atoms with Crippen LogP contribution in [-0.2, 0) is 6.54 Å². The van der Waals surface area contributed by atoms with E-state index in [1.807, 2.05) is 26.8 Å². The van der Waals surface area contributed by atoms with Gasteiger partial charge in [-0.1, -0.05) is 6.92 Å². The van der Waals surface area contributed by atoms with Crippen LogP contribution in [0, 0.1) is 18.2 Å². The molecule has 186 valence electrons. The van der Waals surface area contributed by atoms with Gasteiger partial charge < -0.3 is 15.8 Å². The van der Waals surface area contributed by atoms with Crippen molar-refractivity contribution in [3.63, 3.8) is 0 Å². The number of nitrogens with two attached hydrogens (primary N) is 1. The van der Waals surface area contributed by atoms with Gasteiger partial charge in [0.05, 0.1) is 35.3 Å². The molecule has 4 aromatic rings. The number of nitrogens with one attached hydrogen (secondary N) is 2. The highest BCUT2D eigenvalue weighted by Gasteiger charge is 2.22. The molecular formula is C26H28FN7O2. The van der Waals surface area contributed by atoms with Crippen molar-refractivity contribution >= 4 is 28.3 Å². The highest BCUT2D eigenvalue weighted by Crippen LogP contribution is 2.27. The van der Waals surface area contributed by atoms with Crippen molar-refractivity contribution < 1.29 is 9.13 Å². The number of rotatable bonds is 8. The van der Waals surface area contributed by atoms with E-state index in [0.29, 0.717) is 47.0 Å². The first-order chi connectivity index (χ1) is 17.2. The summed E-state index contributed by atoms with van der Waals surface area (Å²) in [5.74, 6) is 1.18. The van der Waals surface area contributed by atoms with Crippen molar-refractivity contribution in [3.05, 3.63) is 81.4 Å². The summed E-state index contributed by atoms with van der Waals surface area (Å²) in [6.45, 7) is 6.10. The predicted octanol–water partition coefficient (Wildman–Crippen LogP) is 4.22. The van der Waals surface area contributed by atoms with Crippen molar-refractivity contribution in [1.29, 1.82) is 5.41 Å². The summed E-state index contributed by atoms with van der Waals surface area (Å²) in [5.41, 5.74) is 8.26. The number of benzene rings is 2. The van der Waals surface area contributed by atoms with Gasteiger partial charge in [0.1, 0.15) is 35.4 Å². The molecule has 0 saturated heterocycles. The zero-order chi connectivity index (χ0) is 26.0. The molecule has 0 radical (unpaired) electrons. The normalized spacial score (nSPS) is 11.9. The highest BCUT2D eigenvalue weighted by molar-refractivity contribution is 6.16. The van der Waals surface area contributed by atoms with Crippen molar-refractivity contribution in [1.82, 2.24) is 19.5 Å². The number of nitrogen functional groups attached to an aromatic ring is 1. The molecule has 0 aliphatic rings. The highest BCUT2D eigenvalue weighted by atomic mass is 19.1. The van der Waals surface area contributed by atoms with Crippen molar-refractivity contribution in [2.45, 2.75) is 39.8 Å². The van der Waals surface area contributed by atoms with Crippen LogP contribution >= 0.6 is 0 Å². The number of hydrogen-bond acceptors (Lipinski definition) is 8. The second-order valence-electron chi connectivity index (χ2n) is 8.50. The van der Waals surface area contributed by atoms with Crippen LogP contribution in [0.4, 0.5) is 16.0 Å². The molecule has 2 aromatic heterocycles. The molecule has 0 amide bonds. The number of hydrogen-bond donors (Lipinski definition) is 3. The van der Waals surface area contributed by atoms with Gasteiger partial charge in [-0.3, -0.25) is 14.8 Å². The van der Waals surface area contributed by atoms with Crippen molar-refractivity contribution in [2.75, 3.05) is 18.2 Å². The topological polar surface area (TPSA) is 132 Å². The standard InChI is InChI=1S/C26H28FN7O2/c1-5-10-34-25(33-19-8-7-17(27)12-18(19)26(34)35)15(3)32-24-21(23(29)30-13-31-24)22(28)16-6-9-20(36-4)14(2)11-16/h6-9,11-13,15,28H,5,10H2,1-4H3,(H3,29,30,31,32). The lowest BCUT2D eigenvalue weighted by molar-refractivity contribution is 0.411. The Kier molecular flexibility index (Phi) is 6.96. The Hall–Kier alpha value is -4.34. The average Bonchev–Trinajstić information content (AvgIpc) is 2.85. The molecule has 0 saturated carbocycles. The van der Waals surface area contributed by atoms with Gasteiger partial charge in [0.2, 0.25) is 0 Å². The Labute approximate surface area is 207 Å². The first kappa shape index (κ1) is 24.8. The fraction of sp³-hybridized carbons (Fsp3) is 0.269. The van der Waals surface area contributed by atoms with E-state index in [2.05, 4.69) is 20.3 Å². The summed E-state index contributed by atoms with van der Waals surface area (Å²) in [5, 5.41) is 12.3. The number of aryl methyl sites for hydroxylation is 1. The van der Waals surface area contributed by atoms with E-state index in [4.69, 9.17) is 15.9 Å². The Morgan fingerprint density at radius 1 is 1.25 bits per heavy atom. The molecule has 0 aliphatic carbocycles. The largest absolute Gasteiger partial charge is 0.496 e. The Morgan fingerprint density at radius 3 is 2.72 bits per heavy atom. The van der Waals surface area contributed by atoms with Crippen LogP contribution in [-0.4, -0.2) is 32.3 Å². The van der Waals surface area contributed by atoms with Crippen LogP contribution in [0.2, 0.25) is 0 Å². The number of ether oxygens (including phenoxy) is 1. The summed E-state index contributed by atoms with van der Waals surface area (Å²) in [6, 6.07) is 8.90. The molecule has 4 rings (SSSR count). The zero-order valence-electron chi connectivity index (χ0n) is 20.6. The maximum atomic E-state index is 13.8. The molecule has 0 bridgehead atoms. The van der Waals surface area contributed by atoms with E-state index < -0.39 is 11.9 Å². The maximum Gasteiger partial charge on any atom is 0.261 e. The molecule has 1 atom stereocenters. The molecule has 1 unspecified atom stereocenters. The van der Waals surface area contributed by atoms with Crippen LogP contribution < -0.4 is 21.3 Å². The van der Waals surface area contributed by atoms with Crippen LogP contribution in [0.3, 0.4) is 0 Å². The number of nitrogens with zero attached hydrogens (tertiary/aromatic N) is 4. The first-order valence-corrected chi connectivity index (χ1v) is 11.6. The van der Waals surface area contributed by atoms with Gasteiger partial charge in [0.15, 0.2) is 0 Å². The van der Waals surface area contributed by atoms with E-state index in [9.17, 15) is 9.18 Å². The monoisotopic (exact) mass is 489 g/mol. The van der Waals surface area contributed by atoms with Gasteiger partial charge in [-0.15, -0.1) is 0 Å². The zero-order valence-corrected chi connectivity index (χ0v) is 20.6. The molecule has 2 aromatic carbocycles. The molecule has 9 nitrogen and oxygen atoms in total. The number of aromatic nitrogens is 4. The van der Waals surface area contributed by atoms with Gasteiger partial charge in [-0.25, -0.2) is 19.3 Å². The third kappa shape index (κ3) is 4.61. The SMILES string of the molecule is CCCn1c(C(C)Nc2ncnc(N)c2C(=N)c2ccc(OC)c(C)c2)nc2ccc(F)cc2c1=O. The van der Waals surface area contributed by atoms with E-state index in [1.54, 1.807) is 23.8 Å². The molecule has 10 heteroatoms. The lowest BCUT2D eigenvalue weighted by atomic mass is 10.0. The summed E-state index contributed by atoms with van der Waals surface area (Å²) in [6.07, 6.45) is 2.01. The van der Waals surface area contributed by atoms with Gasteiger partial charge >= 0.3 is 0 Å². The molecule has 36 heavy (non-hydrogen) atoms. The summed E-state index contributed by atoms with van der Waals surface area (Å²) in [7, 11) is 1.59. The quantitative estimate of drug-likeness (QED) is 0.316. The second kappa shape index (κ2) is 10.1. The van der Waals surface area contributed by atoms with Crippen molar-refractivity contribution in [3.8, 4) is 5.75 Å². The Morgan fingerprint density at radius 2 is 2.03 bits per heavy atom. The fourth-order valence-corrected chi connectivity index (χ4v) is 4.18. The van der Waals surface area contributed by atoms with E-state index in [-0.39, 0.29) is 22.5 Å². The third-order valence-electron chi connectivity index (χ3n) is 5.94. The van der Waals surface area contributed by atoms with E-state index >= 15 is 0 Å². The number of methoxy groups -OCH3 is 1. The third-order valence-corrected chi connectivity index (χ3v) is 5.94. The minimum absolute atomic E-state index is 0.140. The van der Waals surface area contributed by atoms with Crippen LogP contribution in [0.15, 0.2) is 47.5 Å². The van der Waals surface area contributed by atoms with Crippen LogP contribution in [0.25, 0.3) is 10.9 Å². The van der Waals surface area contributed by atoms with Crippen LogP contribution in [0.1, 0.15) is 48.8 Å². The molecule has 0 fully saturated rings.